The largest absolute Gasteiger partial charge is 0.481 e. The van der Waals surface area contributed by atoms with Gasteiger partial charge >= 0.3 is 5.97 Å². The van der Waals surface area contributed by atoms with Crippen LogP contribution in [0.25, 0.3) is 0 Å². The minimum Gasteiger partial charge on any atom is -0.481 e. The molecule has 1 unspecified atom stereocenters. The Balaban J connectivity index is 2.40. The van der Waals surface area contributed by atoms with Gasteiger partial charge < -0.3 is 10.8 Å². The molecule has 3 N–H and O–H groups in total. The molecule has 0 spiro atoms. The molecule has 12 heavy (non-hydrogen) atoms. The maximum Gasteiger partial charge on any atom is 0.304 e. The minimum atomic E-state index is -0.773. The third-order valence-electron chi connectivity index (χ3n) is 2.82. The van der Waals surface area contributed by atoms with Crippen molar-refractivity contribution in [3.8, 4) is 0 Å². The summed E-state index contributed by atoms with van der Waals surface area (Å²) in [6.45, 7) is 2.12. The van der Waals surface area contributed by atoms with Crippen molar-refractivity contribution in [2.75, 3.05) is 0 Å². The zero-order chi connectivity index (χ0) is 9.19. The van der Waals surface area contributed by atoms with Gasteiger partial charge in [-0.05, 0) is 24.7 Å². The summed E-state index contributed by atoms with van der Waals surface area (Å²) in [5, 5.41) is 8.56. The number of carboxylic acids is 1. The highest BCUT2D eigenvalue weighted by molar-refractivity contribution is 5.67. The molecule has 1 saturated carbocycles. The van der Waals surface area contributed by atoms with Crippen LogP contribution in [-0.2, 0) is 4.79 Å². The number of carbonyl (C=O) groups is 1. The van der Waals surface area contributed by atoms with E-state index in [2.05, 4.69) is 6.92 Å². The molecule has 0 aromatic carbocycles. The van der Waals surface area contributed by atoms with E-state index in [0.717, 1.165) is 25.7 Å². The summed E-state index contributed by atoms with van der Waals surface area (Å²) in [5.74, 6) is -0.773. The Morgan fingerprint density at radius 3 is 2.58 bits per heavy atom. The highest BCUT2D eigenvalue weighted by Gasteiger charge is 2.47. The van der Waals surface area contributed by atoms with Crippen molar-refractivity contribution < 1.29 is 9.90 Å². The molecule has 1 atom stereocenters. The van der Waals surface area contributed by atoms with Gasteiger partial charge in [-0.2, -0.15) is 0 Å². The van der Waals surface area contributed by atoms with Gasteiger partial charge in [0.25, 0.3) is 0 Å². The first kappa shape index (κ1) is 9.52. The Kier molecular flexibility index (Phi) is 2.73. The molecule has 0 amide bonds. The van der Waals surface area contributed by atoms with Gasteiger partial charge in [0, 0.05) is 6.04 Å². The molecule has 0 bridgehead atoms. The Morgan fingerprint density at radius 2 is 2.25 bits per heavy atom. The summed E-state index contributed by atoms with van der Waals surface area (Å²) < 4.78 is 0. The topological polar surface area (TPSA) is 63.3 Å². The molecule has 0 aliphatic heterocycles. The predicted octanol–water partition coefficient (Wildman–Crippen LogP) is 1.37. The average molecular weight is 171 g/mol. The second-order valence-corrected chi connectivity index (χ2v) is 3.82. The Morgan fingerprint density at radius 1 is 1.67 bits per heavy atom. The zero-order valence-electron chi connectivity index (χ0n) is 7.55. The van der Waals surface area contributed by atoms with E-state index in [-0.39, 0.29) is 17.9 Å². The van der Waals surface area contributed by atoms with Crippen molar-refractivity contribution in [3.05, 3.63) is 0 Å². The maximum atomic E-state index is 10.4. The van der Waals surface area contributed by atoms with E-state index in [9.17, 15) is 4.79 Å². The van der Waals surface area contributed by atoms with E-state index in [1.165, 1.54) is 0 Å². The van der Waals surface area contributed by atoms with Crippen molar-refractivity contribution in [3.63, 3.8) is 0 Å². The van der Waals surface area contributed by atoms with Crippen LogP contribution < -0.4 is 5.73 Å². The van der Waals surface area contributed by atoms with E-state index in [1.54, 1.807) is 0 Å². The molecular formula is C9H17NO2. The Bertz CT molecular complexity index is 175. The molecule has 3 heteroatoms. The molecule has 1 aliphatic carbocycles. The van der Waals surface area contributed by atoms with Crippen LogP contribution in [0.2, 0.25) is 0 Å². The van der Waals surface area contributed by atoms with Gasteiger partial charge in [-0.1, -0.05) is 13.3 Å². The fourth-order valence-corrected chi connectivity index (χ4v) is 1.87. The summed E-state index contributed by atoms with van der Waals surface area (Å²) in [6.07, 6.45) is 4.55. The highest BCUT2D eigenvalue weighted by atomic mass is 16.4. The number of rotatable bonds is 5. The lowest BCUT2D eigenvalue weighted by Crippen LogP contribution is -2.33. The zero-order valence-corrected chi connectivity index (χ0v) is 7.55. The quantitative estimate of drug-likeness (QED) is 0.656. The summed E-state index contributed by atoms with van der Waals surface area (Å²) in [5.41, 5.74) is 6.01. The molecule has 1 fully saturated rings. The van der Waals surface area contributed by atoms with Crippen molar-refractivity contribution in [2.45, 2.75) is 45.1 Å². The van der Waals surface area contributed by atoms with Crippen LogP contribution in [0.4, 0.5) is 0 Å². The van der Waals surface area contributed by atoms with Gasteiger partial charge in [-0.25, -0.2) is 0 Å². The van der Waals surface area contributed by atoms with Crippen LogP contribution in [0.1, 0.15) is 39.0 Å². The number of aliphatic carboxylic acids is 1. The first-order valence-electron chi connectivity index (χ1n) is 4.58. The fraction of sp³-hybridized carbons (Fsp3) is 0.889. The van der Waals surface area contributed by atoms with Gasteiger partial charge in [0.2, 0.25) is 0 Å². The van der Waals surface area contributed by atoms with Crippen LogP contribution in [0.15, 0.2) is 0 Å². The van der Waals surface area contributed by atoms with Gasteiger partial charge in [0.1, 0.15) is 0 Å². The SMILES string of the molecule is CCCC1(C(N)CC(=O)O)CC1. The molecule has 0 aromatic heterocycles. The van der Waals surface area contributed by atoms with Gasteiger partial charge in [0.15, 0.2) is 0 Å². The fourth-order valence-electron chi connectivity index (χ4n) is 1.87. The number of hydrogen-bond acceptors (Lipinski definition) is 2. The smallest absolute Gasteiger partial charge is 0.304 e. The third kappa shape index (κ3) is 1.97. The van der Waals surface area contributed by atoms with Crippen molar-refractivity contribution in [2.24, 2.45) is 11.1 Å². The summed E-state index contributed by atoms with van der Waals surface area (Å²) >= 11 is 0. The van der Waals surface area contributed by atoms with Gasteiger partial charge in [-0.3, -0.25) is 4.79 Å². The summed E-state index contributed by atoms with van der Waals surface area (Å²) in [4.78, 5) is 10.4. The average Bonchev–Trinajstić information content (AvgIpc) is 2.68. The predicted molar refractivity (Wildman–Crippen MR) is 46.8 cm³/mol. The van der Waals surface area contributed by atoms with Crippen molar-refractivity contribution in [1.29, 1.82) is 0 Å². The molecule has 1 rings (SSSR count). The standard InChI is InChI=1S/C9H17NO2/c1-2-3-9(4-5-9)7(10)6-8(11)12/h7H,2-6,10H2,1H3,(H,11,12). The van der Waals surface area contributed by atoms with E-state index in [0.29, 0.717) is 0 Å². The van der Waals surface area contributed by atoms with Crippen LogP contribution in [-0.4, -0.2) is 17.1 Å². The first-order chi connectivity index (χ1) is 5.60. The van der Waals surface area contributed by atoms with Gasteiger partial charge in [0.05, 0.1) is 6.42 Å². The molecule has 0 saturated heterocycles. The molecule has 0 aromatic rings. The second kappa shape index (κ2) is 3.44. The first-order valence-corrected chi connectivity index (χ1v) is 4.58. The Hall–Kier alpha value is -0.570. The molecular weight excluding hydrogens is 154 g/mol. The number of hydrogen-bond donors (Lipinski definition) is 2. The molecule has 3 nitrogen and oxygen atoms in total. The van der Waals surface area contributed by atoms with Crippen molar-refractivity contribution >= 4 is 5.97 Å². The summed E-state index contributed by atoms with van der Waals surface area (Å²) in [6, 6.07) is -0.130. The lowest BCUT2D eigenvalue weighted by molar-refractivity contribution is -0.137. The van der Waals surface area contributed by atoms with E-state index < -0.39 is 5.97 Å². The maximum absolute atomic E-state index is 10.4. The number of nitrogens with two attached hydrogens (primary N) is 1. The lowest BCUT2D eigenvalue weighted by atomic mass is 9.90. The summed E-state index contributed by atoms with van der Waals surface area (Å²) in [7, 11) is 0. The van der Waals surface area contributed by atoms with Crippen LogP contribution in [0.3, 0.4) is 0 Å². The van der Waals surface area contributed by atoms with Crippen LogP contribution >= 0.6 is 0 Å². The molecule has 70 valence electrons. The monoisotopic (exact) mass is 171 g/mol. The van der Waals surface area contributed by atoms with Crippen LogP contribution in [0, 0.1) is 5.41 Å². The highest BCUT2D eigenvalue weighted by Crippen LogP contribution is 2.52. The third-order valence-corrected chi connectivity index (χ3v) is 2.82. The Labute approximate surface area is 72.9 Å². The number of carboxylic acid groups (broad SMARTS) is 1. The molecule has 1 aliphatic rings. The van der Waals surface area contributed by atoms with E-state index >= 15 is 0 Å². The normalized spacial score (nSPS) is 21.8. The van der Waals surface area contributed by atoms with Crippen molar-refractivity contribution in [1.82, 2.24) is 0 Å². The van der Waals surface area contributed by atoms with E-state index in [4.69, 9.17) is 10.8 Å². The minimum absolute atomic E-state index is 0.125. The second-order valence-electron chi connectivity index (χ2n) is 3.82. The van der Waals surface area contributed by atoms with Crippen LogP contribution in [0.5, 0.6) is 0 Å². The lowest BCUT2D eigenvalue weighted by Gasteiger charge is -2.20. The van der Waals surface area contributed by atoms with E-state index in [1.807, 2.05) is 0 Å². The van der Waals surface area contributed by atoms with Gasteiger partial charge in [-0.15, -0.1) is 0 Å². The molecule has 0 radical (unpaired) electrons. The molecule has 0 heterocycles.